The van der Waals surface area contributed by atoms with E-state index < -0.39 is 29.6 Å². The molecule has 0 radical (unpaired) electrons. The largest absolute Gasteiger partial charge is 0.496 e. The van der Waals surface area contributed by atoms with Gasteiger partial charge in [-0.05, 0) is 60.6 Å². The van der Waals surface area contributed by atoms with E-state index in [0.29, 0.717) is 5.75 Å². The van der Waals surface area contributed by atoms with Crippen LogP contribution in [0.5, 0.6) is 5.75 Å². The average Bonchev–Trinajstić information content (AvgIpc) is 2.78. The normalized spacial score (nSPS) is 11.8. The fraction of sp³-hybridized carbons (Fsp3) is 0.400. The quantitative estimate of drug-likeness (QED) is 0.356. The molecular formula is C25H31IN2O6. The van der Waals surface area contributed by atoms with E-state index in [1.165, 1.54) is 12.0 Å². The van der Waals surface area contributed by atoms with Crippen molar-refractivity contribution < 1.29 is 28.6 Å². The molecule has 0 heterocycles. The Labute approximate surface area is 214 Å². The van der Waals surface area contributed by atoms with E-state index in [2.05, 4.69) is 27.9 Å². The van der Waals surface area contributed by atoms with Crippen LogP contribution in [-0.2, 0) is 32.0 Å². The molecule has 2 amide bonds. The van der Waals surface area contributed by atoms with Gasteiger partial charge in [0, 0.05) is 13.0 Å². The van der Waals surface area contributed by atoms with E-state index in [1.807, 2.05) is 48.5 Å². The van der Waals surface area contributed by atoms with Crippen molar-refractivity contribution in [2.75, 3.05) is 20.8 Å². The molecule has 0 aromatic heterocycles. The number of carbonyl (C=O) groups is 3. The van der Waals surface area contributed by atoms with Gasteiger partial charge in [-0.25, -0.2) is 9.59 Å². The average molecular weight is 582 g/mol. The Balaban J connectivity index is 2.19. The molecule has 2 rings (SSSR count). The summed E-state index contributed by atoms with van der Waals surface area (Å²) in [7, 11) is 2.83. The molecule has 0 aliphatic carbocycles. The maximum Gasteiger partial charge on any atom is 0.411 e. The molecule has 0 aliphatic heterocycles. The van der Waals surface area contributed by atoms with Gasteiger partial charge in [0.15, 0.2) is 0 Å². The highest BCUT2D eigenvalue weighted by Crippen LogP contribution is 2.25. The number of esters is 1. The first-order valence-corrected chi connectivity index (χ1v) is 11.8. The molecule has 0 saturated heterocycles. The summed E-state index contributed by atoms with van der Waals surface area (Å²) in [5, 5.41) is 2.71. The summed E-state index contributed by atoms with van der Waals surface area (Å²) in [6.07, 6.45) is -0.414. The van der Waals surface area contributed by atoms with Gasteiger partial charge >= 0.3 is 12.1 Å². The summed E-state index contributed by atoms with van der Waals surface area (Å²) in [4.78, 5) is 39.5. The van der Waals surface area contributed by atoms with Crippen LogP contribution in [0.1, 0.15) is 31.9 Å². The Kier molecular flexibility index (Phi) is 10.2. The first kappa shape index (κ1) is 27.4. The molecule has 0 fully saturated rings. The lowest BCUT2D eigenvalue weighted by Gasteiger charge is -2.27. The van der Waals surface area contributed by atoms with E-state index >= 15 is 0 Å². The minimum Gasteiger partial charge on any atom is -0.496 e. The van der Waals surface area contributed by atoms with E-state index in [4.69, 9.17) is 14.2 Å². The lowest BCUT2D eigenvalue weighted by atomic mass is 10.1. The van der Waals surface area contributed by atoms with Gasteiger partial charge in [-0.1, -0.05) is 42.5 Å². The third-order valence-electron chi connectivity index (χ3n) is 4.71. The maximum absolute atomic E-state index is 12.9. The van der Waals surface area contributed by atoms with Gasteiger partial charge in [-0.3, -0.25) is 9.69 Å². The molecule has 0 spiro atoms. The zero-order chi connectivity index (χ0) is 25.3. The van der Waals surface area contributed by atoms with Crippen LogP contribution in [0.3, 0.4) is 0 Å². The highest BCUT2D eigenvalue weighted by Gasteiger charge is 2.28. The second-order valence-electron chi connectivity index (χ2n) is 8.60. The Bertz CT molecular complexity index is 991. The number of carbonyl (C=O) groups excluding carboxylic acids is 3. The maximum atomic E-state index is 12.9. The van der Waals surface area contributed by atoms with Gasteiger partial charge in [-0.2, -0.15) is 0 Å². The fourth-order valence-corrected chi connectivity index (χ4v) is 3.96. The number of rotatable bonds is 9. The van der Waals surface area contributed by atoms with Crippen LogP contribution < -0.4 is 10.1 Å². The van der Waals surface area contributed by atoms with Crippen molar-refractivity contribution in [3.63, 3.8) is 0 Å². The molecule has 2 aromatic carbocycles. The summed E-state index contributed by atoms with van der Waals surface area (Å²) < 4.78 is 16.6. The molecule has 184 valence electrons. The van der Waals surface area contributed by atoms with Gasteiger partial charge in [0.05, 0.1) is 17.8 Å². The van der Waals surface area contributed by atoms with Crippen LogP contribution in [0.25, 0.3) is 0 Å². The minimum absolute atomic E-state index is 0.180. The molecule has 1 atom stereocenters. The molecule has 1 N–H and O–H groups in total. The smallest absolute Gasteiger partial charge is 0.411 e. The van der Waals surface area contributed by atoms with Crippen LogP contribution in [0.4, 0.5) is 4.79 Å². The number of ether oxygens (including phenoxy) is 3. The van der Waals surface area contributed by atoms with E-state index in [-0.39, 0.29) is 19.5 Å². The lowest BCUT2D eigenvalue weighted by molar-refractivity contribution is -0.145. The zero-order valence-corrected chi connectivity index (χ0v) is 22.2. The number of methoxy groups -OCH3 is 2. The summed E-state index contributed by atoms with van der Waals surface area (Å²) in [5.41, 5.74) is 0.945. The second kappa shape index (κ2) is 12.6. The molecule has 1 unspecified atom stereocenters. The minimum atomic E-state index is -0.935. The molecule has 0 saturated carbocycles. The van der Waals surface area contributed by atoms with Gasteiger partial charge in [0.25, 0.3) is 0 Å². The van der Waals surface area contributed by atoms with Crippen LogP contribution in [0.2, 0.25) is 0 Å². The van der Waals surface area contributed by atoms with Crippen molar-refractivity contribution in [3.8, 4) is 5.75 Å². The summed E-state index contributed by atoms with van der Waals surface area (Å²) in [6, 6.07) is 13.8. The summed E-state index contributed by atoms with van der Waals surface area (Å²) in [6.45, 7) is 5.17. The number of hydrogen-bond acceptors (Lipinski definition) is 6. The Morgan fingerprint density at radius 2 is 1.71 bits per heavy atom. The van der Waals surface area contributed by atoms with E-state index in [1.54, 1.807) is 27.9 Å². The zero-order valence-electron chi connectivity index (χ0n) is 20.1. The highest BCUT2D eigenvalue weighted by molar-refractivity contribution is 14.1. The number of halogens is 1. The van der Waals surface area contributed by atoms with Crippen LogP contribution in [-0.4, -0.2) is 55.3 Å². The Morgan fingerprint density at radius 3 is 2.29 bits per heavy atom. The monoisotopic (exact) mass is 582 g/mol. The lowest BCUT2D eigenvalue weighted by Crippen LogP contribution is -2.48. The van der Waals surface area contributed by atoms with Crippen molar-refractivity contribution in [2.24, 2.45) is 0 Å². The third-order valence-corrected chi connectivity index (χ3v) is 5.93. The number of nitrogens with one attached hydrogen (secondary N) is 1. The molecule has 9 heteroatoms. The van der Waals surface area contributed by atoms with Crippen molar-refractivity contribution >= 4 is 40.6 Å². The van der Waals surface area contributed by atoms with Crippen molar-refractivity contribution in [2.45, 2.75) is 45.4 Å². The molecule has 2 aromatic rings. The molecule has 8 nitrogen and oxygen atoms in total. The predicted molar refractivity (Wildman–Crippen MR) is 136 cm³/mol. The SMILES string of the molecule is COC(=O)C(Cc1cccc(OC)c1I)NC(=O)CN(Cc1ccccc1)C(=O)OC(C)(C)C. The summed E-state index contributed by atoms with van der Waals surface area (Å²) >= 11 is 2.14. The highest BCUT2D eigenvalue weighted by atomic mass is 127. The van der Waals surface area contributed by atoms with Crippen molar-refractivity contribution in [3.05, 3.63) is 63.2 Å². The third kappa shape index (κ3) is 8.51. The predicted octanol–water partition coefficient (Wildman–Crippen LogP) is 3.94. The Morgan fingerprint density at radius 1 is 1.03 bits per heavy atom. The Hall–Kier alpha value is -2.82. The van der Waals surface area contributed by atoms with Crippen molar-refractivity contribution in [1.29, 1.82) is 0 Å². The van der Waals surface area contributed by atoms with Crippen LogP contribution in [0, 0.1) is 3.57 Å². The van der Waals surface area contributed by atoms with Gasteiger partial charge in [0.1, 0.15) is 23.9 Å². The first-order valence-electron chi connectivity index (χ1n) is 10.7. The van der Waals surface area contributed by atoms with Crippen LogP contribution in [0.15, 0.2) is 48.5 Å². The van der Waals surface area contributed by atoms with Crippen LogP contribution >= 0.6 is 22.6 Å². The number of hydrogen-bond donors (Lipinski definition) is 1. The summed E-state index contributed by atoms with van der Waals surface area (Å²) in [5.74, 6) is -0.416. The van der Waals surface area contributed by atoms with Gasteiger partial charge in [0.2, 0.25) is 5.91 Å². The van der Waals surface area contributed by atoms with Gasteiger partial charge < -0.3 is 19.5 Å². The molecule has 34 heavy (non-hydrogen) atoms. The number of benzene rings is 2. The molecule has 0 bridgehead atoms. The van der Waals surface area contributed by atoms with E-state index in [9.17, 15) is 14.4 Å². The fourth-order valence-electron chi connectivity index (χ4n) is 3.16. The number of amides is 2. The topological polar surface area (TPSA) is 94.2 Å². The molecule has 0 aliphatic rings. The van der Waals surface area contributed by atoms with Gasteiger partial charge in [-0.15, -0.1) is 0 Å². The second-order valence-corrected chi connectivity index (χ2v) is 9.68. The van der Waals surface area contributed by atoms with Crippen molar-refractivity contribution in [1.82, 2.24) is 10.2 Å². The van der Waals surface area contributed by atoms with E-state index in [0.717, 1.165) is 14.7 Å². The standard InChI is InChI=1S/C25H31IN2O6/c1-25(2,3)34-24(31)28(15-17-10-7-6-8-11-17)16-21(29)27-19(23(30)33-5)14-18-12-9-13-20(32-4)22(18)26/h6-13,19H,14-16H2,1-5H3,(H,27,29). The molecular weight excluding hydrogens is 551 g/mol. The first-order chi connectivity index (χ1) is 16.0. The number of nitrogens with zero attached hydrogens (tertiary/aromatic N) is 1.